The molecule has 1 fully saturated rings. The Morgan fingerprint density at radius 3 is 2.30 bits per heavy atom. The normalized spacial score (nSPS) is 17.8. The Morgan fingerprint density at radius 2 is 1.52 bits per heavy atom. The summed E-state index contributed by atoms with van der Waals surface area (Å²) in [6, 6.07) is 33.7. The first-order valence-electron chi connectivity index (χ1n) is 17.8. The standard InChI is InChI=1S/C42H48N2.C2H6/c1-4-31-43-38-24-15-14-23-36(38)41(2,32-33-19-9-7-10-20-33)28-16-6-5-11-25-39-42(29-17-8-18-30-42)37-27-26-34-21-12-13-22-35(34)40(37)44(39)3;1-2/h5-7,9-16,19-27,43H,4,8,17-18,28-32H2,1-3H3;1-2H3/p+1/b11-5+,16-6+,39-25+;. The number of para-hydroxylation sites is 1. The van der Waals surface area contributed by atoms with Gasteiger partial charge in [0.2, 0.25) is 0 Å². The van der Waals surface area contributed by atoms with Crippen LogP contribution in [0.2, 0.25) is 0 Å². The predicted octanol–water partition coefficient (Wildman–Crippen LogP) is 10.7. The minimum absolute atomic E-state index is 0.00548. The number of likely N-dealkylation sites (N-methyl/N-ethyl adjacent to an activating group) is 1. The summed E-state index contributed by atoms with van der Waals surface area (Å²) in [5.41, 5.74) is 8.77. The van der Waals surface area contributed by atoms with Crippen molar-refractivity contribution in [2.45, 2.75) is 89.9 Å². The van der Waals surface area contributed by atoms with E-state index in [0.717, 1.165) is 19.4 Å². The van der Waals surface area contributed by atoms with Crippen LogP contribution in [0.3, 0.4) is 0 Å². The van der Waals surface area contributed by atoms with Gasteiger partial charge in [-0.1, -0.05) is 156 Å². The van der Waals surface area contributed by atoms with Crippen LogP contribution >= 0.6 is 0 Å². The van der Waals surface area contributed by atoms with Gasteiger partial charge in [0.15, 0.2) is 0 Å². The van der Waals surface area contributed by atoms with Gasteiger partial charge in [-0.2, -0.15) is 0 Å². The molecule has 1 heterocycles. The van der Waals surface area contributed by atoms with Gasteiger partial charge in [-0.15, -0.1) is 0 Å². The van der Waals surface area contributed by atoms with Crippen molar-refractivity contribution in [1.29, 1.82) is 0 Å². The van der Waals surface area contributed by atoms with E-state index in [0.29, 0.717) is 0 Å². The lowest BCUT2D eigenvalue weighted by molar-refractivity contribution is -0.572. The highest BCUT2D eigenvalue weighted by Gasteiger charge is 2.46. The van der Waals surface area contributed by atoms with Crippen LogP contribution in [0, 0.1) is 0 Å². The number of hydrogen-bond acceptors (Lipinski definition) is 1. The van der Waals surface area contributed by atoms with Crippen molar-refractivity contribution in [1.82, 2.24) is 0 Å². The highest BCUT2D eigenvalue weighted by Crippen LogP contribution is 2.56. The molecular weight excluding hydrogens is 556 g/mol. The van der Waals surface area contributed by atoms with Gasteiger partial charge in [0, 0.05) is 34.5 Å². The van der Waals surface area contributed by atoms with E-state index in [1.807, 2.05) is 13.8 Å². The first kappa shape index (κ1) is 33.5. The Kier molecular flexibility index (Phi) is 11.4. The van der Waals surface area contributed by atoms with Crippen LogP contribution in [0.4, 0.5) is 11.4 Å². The zero-order valence-corrected chi connectivity index (χ0v) is 28.9. The maximum atomic E-state index is 2.50. The topological polar surface area (TPSA) is 19.9 Å². The molecule has 0 bridgehead atoms. The fourth-order valence-electron chi connectivity index (χ4n) is 8.00. The Hall–Kier alpha value is -3.88. The number of allylic oxidation sites excluding steroid dienone is 6. The SMILES string of the molecule is CC.CCC[NH2+]c1ccccc1C(C)(C/C=C/C=C/C=C1/N(C)c2c(ccc3ccccc23)C12CCCCC2)Cc1ccccc1. The van der Waals surface area contributed by atoms with Gasteiger partial charge in [0.1, 0.15) is 5.69 Å². The first-order valence-corrected chi connectivity index (χ1v) is 17.8. The molecule has 240 valence electrons. The van der Waals surface area contributed by atoms with Gasteiger partial charge < -0.3 is 10.2 Å². The van der Waals surface area contributed by atoms with E-state index in [9.17, 15) is 0 Å². The number of hydrogen-bond donors (Lipinski definition) is 1. The van der Waals surface area contributed by atoms with Gasteiger partial charge in [-0.3, -0.25) is 0 Å². The van der Waals surface area contributed by atoms with E-state index in [1.165, 1.54) is 83.1 Å². The number of nitrogens with two attached hydrogens (primary N) is 1. The number of rotatable bonds is 10. The zero-order valence-electron chi connectivity index (χ0n) is 28.9. The largest absolute Gasteiger partial charge is 0.347 e. The molecule has 1 atom stereocenters. The fraction of sp³-hybridized carbons (Fsp3) is 0.364. The summed E-state index contributed by atoms with van der Waals surface area (Å²) >= 11 is 0. The third kappa shape index (κ3) is 6.93. The second kappa shape index (κ2) is 15.6. The van der Waals surface area contributed by atoms with Crippen LogP contribution in [0.15, 0.2) is 127 Å². The molecule has 2 heteroatoms. The maximum Gasteiger partial charge on any atom is 0.133 e. The molecule has 4 aromatic rings. The number of fused-ring (bicyclic) bond motifs is 4. The zero-order chi connectivity index (χ0) is 32.4. The Bertz CT molecular complexity index is 1650. The minimum atomic E-state index is 0.00548. The van der Waals surface area contributed by atoms with Crippen LogP contribution < -0.4 is 10.2 Å². The van der Waals surface area contributed by atoms with Gasteiger partial charge in [-0.05, 0) is 60.8 Å². The van der Waals surface area contributed by atoms with Crippen molar-refractivity contribution in [3.05, 3.63) is 144 Å². The van der Waals surface area contributed by atoms with Crippen molar-refractivity contribution in [2.24, 2.45) is 0 Å². The quantitative estimate of drug-likeness (QED) is 0.140. The lowest BCUT2D eigenvalue weighted by Crippen LogP contribution is -2.78. The second-order valence-electron chi connectivity index (χ2n) is 13.3. The molecule has 1 unspecified atom stereocenters. The summed E-state index contributed by atoms with van der Waals surface area (Å²) in [6.45, 7) is 9.81. The Labute approximate surface area is 278 Å². The van der Waals surface area contributed by atoms with Crippen molar-refractivity contribution in [3.63, 3.8) is 0 Å². The van der Waals surface area contributed by atoms with Gasteiger partial charge in [0.25, 0.3) is 0 Å². The van der Waals surface area contributed by atoms with Crippen LogP contribution in [0.1, 0.15) is 89.3 Å². The maximum absolute atomic E-state index is 2.50. The Balaban J connectivity index is 0.00000204. The molecule has 2 N–H and O–H groups in total. The smallest absolute Gasteiger partial charge is 0.133 e. The van der Waals surface area contributed by atoms with Crippen LogP contribution in [0.25, 0.3) is 10.8 Å². The summed E-state index contributed by atoms with van der Waals surface area (Å²) in [4.78, 5) is 2.50. The average molecular weight is 612 g/mol. The molecule has 1 spiro atoms. The molecule has 0 radical (unpaired) electrons. The van der Waals surface area contributed by atoms with Gasteiger partial charge >= 0.3 is 0 Å². The third-order valence-corrected chi connectivity index (χ3v) is 10.2. The van der Waals surface area contributed by atoms with E-state index in [-0.39, 0.29) is 10.8 Å². The fourth-order valence-corrected chi connectivity index (χ4v) is 8.00. The van der Waals surface area contributed by atoms with Gasteiger partial charge in [0.05, 0.1) is 12.2 Å². The second-order valence-corrected chi connectivity index (χ2v) is 13.3. The number of nitrogens with zero attached hydrogens (tertiary/aromatic N) is 1. The first-order chi connectivity index (χ1) is 22.6. The summed E-state index contributed by atoms with van der Waals surface area (Å²) in [6.07, 6.45) is 21.2. The average Bonchev–Trinajstić information content (AvgIpc) is 3.33. The molecular formula is C44H55N2+. The molecule has 2 aliphatic rings. The summed E-state index contributed by atoms with van der Waals surface area (Å²) in [5, 5.41) is 5.13. The summed E-state index contributed by atoms with van der Waals surface area (Å²) in [5.74, 6) is 0. The van der Waals surface area contributed by atoms with Crippen molar-refractivity contribution in [2.75, 3.05) is 18.5 Å². The number of quaternary nitrogens is 1. The molecule has 2 nitrogen and oxygen atoms in total. The van der Waals surface area contributed by atoms with Crippen molar-refractivity contribution in [3.8, 4) is 0 Å². The molecule has 46 heavy (non-hydrogen) atoms. The van der Waals surface area contributed by atoms with Gasteiger partial charge in [-0.25, -0.2) is 0 Å². The third-order valence-electron chi connectivity index (χ3n) is 10.2. The lowest BCUT2D eigenvalue weighted by Gasteiger charge is -2.36. The van der Waals surface area contributed by atoms with E-state index in [1.54, 1.807) is 0 Å². The van der Waals surface area contributed by atoms with E-state index < -0.39 is 0 Å². The highest BCUT2D eigenvalue weighted by atomic mass is 15.2. The highest BCUT2D eigenvalue weighted by molar-refractivity contribution is 5.99. The molecule has 1 saturated carbocycles. The summed E-state index contributed by atoms with van der Waals surface area (Å²) < 4.78 is 0. The Morgan fingerprint density at radius 1 is 0.804 bits per heavy atom. The molecule has 6 rings (SSSR count). The van der Waals surface area contributed by atoms with Crippen LogP contribution in [-0.2, 0) is 17.3 Å². The van der Waals surface area contributed by atoms with Crippen molar-refractivity contribution < 1.29 is 5.32 Å². The monoisotopic (exact) mass is 611 g/mol. The van der Waals surface area contributed by atoms with E-state index >= 15 is 0 Å². The molecule has 1 aliphatic carbocycles. The molecule has 0 saturated heterocycles. The van der Waals surface area contributed by atoms with E-state index in [4.69, 9.17) is 0 Å². The van der Waals surface area contributed by atoms with Crippen molar-refractivity contribution >= 4 is 22.1 Å². The molecule has 1 aliphatic heterocycles. The molecule has 0 amide bonds. The number of anilines is 1. The predicted molar refractivity (Wildman–Crippen MR) is 200 cm³/mol. The lowest BCUT2D eigenvalue weighted by atomic mass is 9.68. The summed E-state index contributed by atoms with van der Waals surface area (Å²) in [7, 11) is 2.28. The van der Waals surface area contributed by atoms with Crippen LogP contribution in [0.5, 0.6) is 0 Å². The van der Waals surface area contributed by atoms with Crippen LogP contribution in [-0.4, -0.2) is 13.6 Å². The van der Waals surface area contributed by atoms with E-state index in [2.05, 4.69) is 152 Å². The number of benzene rings is 4. The molecule has 4 aromatic carbocycles. The molecule has 0 aromatic heterocycles. The minimum Gasteiger partial charge on any atom is -0.347 e.